The fourth-order valence-corrected chi connectivity index (χ4v) is 6.78. The van der Waals surface area contributed by atoms with E-state index in [1.54, 1.807) is 24.3 Å². The summed E-state index contributed by atoms with van der Waals surface area (Å²) >= 11 is 0. The van der Waals surface area contributed by atoms with Crippen molar-refractivity contribution in [1.29, 1.82) is 0 Å². The van der Waals surface area contributed by atoms with Gasteiger partial charge in [0.1, 0.15) is 24.2 Å². The van der Waals surface area contributed by atoms with E-state index in [1.165, 1.54) is 12.5 Å². The molecule has 312 valence electrons. The number of carbonyl (C=O) groups is 6. The normalized spacial score (nSPS) is 20.2. The van der Waals surface area contributed by atoms with Crippen molar-refractivity contribution in [3.8, 4) is 0 Å². The van der Waals surface area contributed by atoms with E-state index in [0.717, 1.165) is 21.9 Å². The molecule has 1 aromatic heterocycles. The Labute approximate surface area is 342 Å². The molecule has 59 heavy (non-hydrogen) atoms. The Morgan fingerprint density at radius 3 is 2.19 bits per heavy atom. The molecule has 1 aliphatic rings. The summed E-state index contributed by atoms with van der Waals surface area (Å²) in [5.41, 5.74) is 13.0. The largest absolute Gasteiger partial charge is 0.370 e. The van der Waals surface area contributed by atoms with Gasteiger partial charge in [0.05, 0.1) is 12.7 Å². The minimum atomic E-state index is -1.26. The highest BCUT2D eigenvalue weighted by molar-refractivity contribution is 5.97. The first-order chi connectivity index (χ1) is 28.5. The minimum Gasteiger partial charge on any atom is -0.370 e. The number of hydrogen-bond donors (Lipinski definition) is 9. The average molecular weight is 808 g/mol. The molecule has 0 radical (unpaired) electrons. The zero-order valence-electron chi connectivity index (χ0n) is 32.9. The molecule has 0 bridgehead atoms. The summed E-state index contributed by atoms with van der Waals surface area (Å²) in [5, 5.41) is 18.8. The lowest BCUT2D eigenvalue weighted by Crippen LogP contribution is -2.59. The van der Waals surface area contributed by atoms with Crippen LogP contribution in [0.25, 0.3) is 10.8 Å². The van der Waals surface area contributed by atoms with E-state index in [9.17, 15) is 28.8 Å². The Morgan fingerprint density at radius 1 is 0.763 bits per heavy atom. The molecule has 1 aliphatic heterocycles. The third kappa shape index (κ3) is 14.0. The Balaban J connectivity index is 1.42. The van der Waals surface area contributed by atoms with Gasteiger partial charge < -0.3 is 48.4 Å². The van der Waals surface area contributed by atoms with Crippen molar-refractivity contribution < 1.29 is 28.8 Å². The van der Waals surface area contributed by atoms with Crippen LogP contribution in [0.15, 0.2) is 90.3 Å². The maximum Gasteiger partial charge on any atom is 0.243 e. The van der Waals surface area contributed by atoms with E-state index < -0.39 is 53.7 Å². The van der Waals surface area contributed by atoms with Gasteiger partial charge in [0.2, 0.25) is 35.4 Å². The van der Waals surface area contributed by atoms with Crippen molar-refractivity contribution in [2.75, 3.05) is 19.6 Å². The number of amides is 6. The standard InChI is InChI=1S/C42H53N11O6/c43-42(44)48-21-9-16-32-38(56)47-20-7-6-19-46-36(54)18-17-33(50-37(55)23-29-14-8-13-28-12-4-5-15-31(28)29)39(57)53-35(24-30-25-45-26-49-30)41(59)52-34(40(58)51-32)22-27-10-2-1-3-11-27/h1-5,8,10-15,25-26,32-35H,6-7,9,16-24H2,(H,45,49)(H,46,54)(H,47,56)(H,50,55)(H,51,58)(H,52,59)(H,53,57)(H4,43,44,48)/t32-,33-,34+,35-/m0/s1. The molecule has 0 spiro atoms. The molecule has 0 unspecified atom stereocenters. The third-order valence-electron chi connectivity index (χ3n) is 9.87. The van der Waals surface area contributed by atoms with Crippen LogP contribution in [-0.4, -0.2) is 95.2 Å². The number of hydrogen-bond acceptors (Lipinski definition) is 8. The number of carbonyl (C=O) groups excluding carboxylic acids is 6. The van der Waals surface area contributed by atoms with E-state index in [4.69, 9.17) is 11.5 Å². The Morgan fingerprint density at radius 2 is 1.44 bits per heavy atom. The molecular formula is C42H53N11O6. The topological polar surface area (TPSA) is 268 Å². The number of aliphatic imine (C=N–C) groups is 1. The molecule has 1 fully saturated rings. The molecule has 5 rings (SSSR count). The molecular weight excluding hydrogens is 755 g/mol. The van der Waals surface area contributed by atoms with E-state index in [1.807, 2.05) is 48.5 Å². The van der Waals surface area contributed by atoms with Crippen LogP contribution in [0.3, 0.4) is 0 Å². The second-order valence-corrected chi connectivity index (χ2v) is 14.4. The molecule has 17 heteroatoms. The first-order valence-electron chi connectivity index (χ1n) is 19.8. The van der Waals surface area contributed by atoms with E-state index in [-0.39, 0.29) is 63.5 Å². The number of fused-ring (bicyclic) bond motifs is 1. The van der Waals surface area contributed by atoms with Gasteiger partial charge in [-0.15, -0.1) is 0 Å². The highest BCUT2D eigenvalue weighted by Crippen LogP contribution is 2.19. The Bertz CT molecular complexity index is 2070. The van der Waals surface area contributed by atoms with Crippen LogP contribution in [0.5, 0.6) is 0 Å². The monoisotopic (exact) mass is 807 g/mol. The van der Waals surface area contributed by atoms with Gasteiger partial charge in [0, 0.05) is 50.8 Å². The van der Waals surface area contributed by atoms with Crippen LogP contribution in [0.1, 0.15) is 55.3 Å². The number of guanidine groups is 1. The second-order valence-electron chi connectivity index (χ2n) is 14.4. The van der Waals surface area contributed by atoms with Crippen molar-refractivity contribution in [1.82, 2.24) is 41.9 Å². The highest BCUT2D eigenvalue weighted by Gasteiger charge is 2.32. The summed E-state index contributed by atoms with van der Waals surface area (Å²) in [6.45, 7) is 0.816. The number of nitrogens with zero attached hydrogens (tertiary/aromatic N) is 2. The summed E-state index contributed by atoms with van der Waals surface area (Å²) in [4.78, 5) is 93.5. The second kappa shape index (κ2) is 22.2. The molecule has 1 saturated heterocycles. The molecule has 0 aliphatic carbocycles. The fraction of sp³-hybridized carbons (Fsp3) is 0.381. The van der Waals surface area contributed by atoms with E-state index in [0.29, 0.717) is 31.5 Å². The zero-order chi connectivity index (χ0) is 42.0. The molecule has 11 N–H and O–H groups in total. The molecule has 2 heterocycles. The van der Waals surface area contributed by atoms with Crippen molar-refractivity contribution in [2.24, 2.45) is 16.5 Å². The van der Waals surface area contributed by atoms with Crippen molar-refractivity contribution >= 4 is 52.2 Å². The van der Waals surface area contributed by atoms with Gasteiger partial charge in [-0.3, -0.25) is 33.8 Å². The predicted molar refractivity (Wildman–Crippen MR) is 222 cm³/mol. The number of nitrogens with two attached hydrogens (primary N) is 2. The molecule has 6 amide bonds. The predicted octanol–water partition coefficient (Wildman–Crippen LogP) is 0.390. The smallest absolute Gasteiger partial charge is 0.243 e. The van der Waals surface area contributed by atoms with Crippen molar-refractivity contribution in [2.45, 2.75) is 82.0 Å². The van der Waals surface area contributed by atoms with Gasteiger partial charge in [0.25, 0.3) is 0 Å². The van der Waals surface area contributed by atoms with Gasteiger partial charge in [-0.1, -0.05) is 72.8 Å². The SMILES string of the molecule is NC(N)=NCCC[C@@H]1NC(=O)[C@@H](Cc2ccccc2)NC(=O)[C@H](Cc2cnc[nH]2)NC(=O)[C@@H](NC(=O)Cc2cccc3ccccc23)CCC(=O)NCCCCNC1=O. The summed E-state index contributed by atoms with van der Waals surface area (Å²) < 4.78 is 0. The van der Waals surface area contributed by atoms with Crippen LogP contribution < -0.4 is 43.4 Å². The maximum atomic E-state index is 14.3. The summed E-state index contributed by atoms with van der Waals surface area (Å²) in [6, 6.07) is 17.7. The number of imidazole rings is 1. The van der Waals surface area contributed by atoms with Gasteiger partial charge in [-0.25, -0.2) is 4.98 Å². The summed E-state index contributed by atoms with van der Waals surface area (Å²) in [7, 11) is 0. The van der Waals surface area contributed by atoms with Gasteiger partial charge in [0.15, 0.2) is 5.96 Å². The lowest BCUT2D eigenvalue weighted by molar-refractivity contribution is -0.134. The Hall–Kier alpha value is -6.78. The van der Waals surface area contributed by atoms with Gasteiger partial charge >= 0.3 is 0 Å². The third-order valence-corrected chi connectivity index (χ3v) is 9.87. The van der Waals surface area contributed by atoms with Crippen LogP contribution in [0.4, 0.5) is 0 Å². The van der Waals surface area contributed by atoms with Crippen molar-refractivity contribution in [3.05, 3.63) is 102 Å². The van der Waals surface area contributed by atoms with E-state index >= 15 is 0 Å². The van der Waals surface area contributed by atoms with Crippen LogP contribution in [-0.2, 0) is 48.0 Å². The van der Waals surface area contributed by atoms with Crippen LogP contribution >= 0.6 is 0 Å². The fourth-order valence-electron chi connectivity index (χ4n) is 6.78. The lowest BCUT2D eigenvalue weighted by Gasteiger charge is -2.27. The molecule has 4 atom stereocenters. The number of aromatic amines is 1. The number of nitrogens with one attached hydrogen (secondary N) is 7. The molecule has 0 saturated carbocycles. The number of H-pyrrole nitrogens is 1. The average Bonchev–Trinajstić information content (AvgIpc) is 3.74. The quantitative estimate of drug-likeness (QED) is 0.0576. The summed E-state index contributed by atoms with van der Waals surface area (Å²) in [5.74, 6) is -3.32. The number of aromatic nitrogens is 2. The minimum absolute atomic E-state index is 0.0303. The van der Waals surface area contributed by atoms with Gasteiger partial charge in [-0.2, -0.15) is 0 Å². The number of benzene rings is 3. The van der Waals surface area contributed by atoms with Crippen molar-refractivity contribution in [3.63, 3.8) is 0 Å². The number of rotatable bonds is 11. The van der Waals surface area contributed by atoms with E-state index in [2.05, 4.69) is 46.9 Å². The first-order valence-corrected chi connectivity index (χ1v) is 19.8. The maximum absolute atomic E-state index is 14.3. The van der Waals surface area contributed by atoms with Gasteiger partial charge in [-0.05, 0) is 54.0 Å². The van der Waals surface area contributed by atoms with Crippen LogP contribution in [0, 0.1) is 0 Å². The summed E-state index contributed by atoms with van der Waals surface area (Å²) in [6.07, 6.45) is 4.40. The Kier molecular flexibility index (Phi) is 16.3. The zero-order valence-corrected chi connectivity index (χ0v) is 32.9. The molecule has 4 aromatic rings. The van der Waals surface area contributed by atoms with Crippen LogP contribution in [0.2, 0.25) is 0 Å². The lowest BCUT2D eigenvalue weighted by atomic mass is 10.0. The molecule has 3 aromatic carbocycles. The molecule has 17 nitrogen and oxygen atoms in total. The first kappa shape index (κ1) is 43.3. The highest BCUT2D eigenvalue weighted by atomic mass is 16.2.